The van der Waals surface area contributed by atoms with Crippen molar-refractivity contribution in [1.29, 1.82) is 0 Å². The maximum atomic E-state index is 5.44. The minimum Gasteiger partial charge on any atom is -0.383 e. The van der Waals surface area contributed by atoms with Gasteiger partial charge in [-0.05, 0) is 19.8 Å². The molecule has 0 aliphatic carbocycles. The molecule has 0 bridgehead atoms. The highest BCUT2D eigenvalue weighted by molar-refractivity contribution is 5.27. The molecular weight excluding hydrogens is 258 g/mol. The van der Waals surface area contributed by atoms with Crippen molar-refractivity contribution in [2.45, 2.75) is 32.4 Å². The van der Waals surface area contributed by atoms with Crippen molar-refractivity contribution in [3.05, 3.63) is 12.4 Å². The normalized spacial score (nSPS) is 12.6. The van der Waals surface area contributed by atoms with Gasteiger partial charge in [0.1, 0.15) is 0 Å². The largest absolute Gasteiger partial charge is 0.383 e. The zero-order chi connectivity index (χ0) is 14.6. The van der Waals surface area contributed by atoms with E-state index in [9.17, 15) is 0 Å². The van der Waals surface area contributed by atoms with E-state index in [0.29, 0.717) is 19.8 Å². The lowest BCUT2D eigenvalue weighted by molar-refractivity contribution is 0.0684. The highest BCUT2D eigenvalue weighted by Gasteiger charge is 2.06. The van der Waals surface area contributed by atoms with Gasteiger partial charge in [-0.15, -0.1) is 0 Å². The molecule has 0 spiro atoms. The molecule has 1 aromatic heterocycles. The average molecular weight is 285 g/mol. The quantitative estimate of drug-likeness (QED) is 0.593. The maximum absolute atomic E-state index is 5.44. The molecule has 0 amide bonds. The Hall–Kier alpha value is -1.11. The number of nitrogens with one attached hydrogen (secondary N) is 1. The van der Waals surface area contributed by atoms with Crippen molar-refractivity contribution < 1.29 is 14.2 Å². The van der Waals surface area contributed by atoms with Crippen LogP contribution in [0.15, 0.2) is 12.4 Å². The lowest BCUT2D eigenvalue weighted by Gasteiger charge is -2.15. The first-order chi connectivity index (χ1) is 9.77. The molecule has 0 aromatic carbocycles. The van der Waals surface area contributed by atoms with Gasteiger partial charge in [-0.1, -0.05) is 0 Å². The molecule has 1 N–H and O–H groups in total. The summed E-state index contributed by atoms with van der Waals surface area (Å²) in [7, 11) is 3.38. The second-order valence-electron chi connectivity index (χ2n) is 4.76. The number of anilines is 1. The Bertz CT molecular complexity index is 344. The molecule has 1 rings (SSSR count). The SMILES string of the molecule is COCCOCCCCn1ccnc1NC(C)COC. The number of rotatable bonds is 12. The summed E-state index contributed by atoms with van der Waals surface area (Å²) in [6.07, 6.45) is 5.91. The summed E-state index contributed by atoms with van der Waals surface area (Å²) in [6, 6.07) is 0.249. The molecule has 116 valence electrons. The summed E-state index contributed by atoms with van der Waals surface area (Å²) in [5.74, 6) is 0.898. The van der Waals surface area contributed by atoms with Gasteiger partial charge in [0.25, 0.3) is 0 Å². The van der Waals surface area contributed by atoms with Crippen molar-refractivity contribution in [3.8, 4) is 0 Å². The predicted molar refractivity (Wildman–Crippen MR) is 79.1 cm³/mol. The summed E-state index contributed by atoms with van der Waals surface area (Å²) in [5.41, 5.74) is 0. The highest BCUT2D eigenvalue weighted by atomic mass is 16.5. The van der Waals surface area contributed by atoms with Crippen molar-refractivity contribution >= 4 is 5.95 Å². The third-order valence-electron chi connectivity index (χ3n) is 2.88. The number of imidazole rings is 1. The van der Waals surface area contributed by atoms with E-state index in [4.69, 9.17) is 14.2 Å². The number of nitrogens with zero attached hydrogens (tertiary/aromatic N) is 2. The molecule has 0 fully saturated rings. The molecular formula is C14H27N3O3. The van der Waals surface area contributed by atoms with E-state index in [1.54, 1.807) is 14.2 Å². The van der Waals surface area contributed by atoms with E-state index < -0.39 is 0 Å². The second kappa shape index (κ2) is 10.7. The average Bonchev–Trinajstić information content (AvgIpc) is 2.85. The summed E-state index contributed by atoms with van der Waals surface area (Å²) >= 11 is 0. The van der Waals surface area contributed by atoms with Crippen molar-refractivity contribution in [2.75, 3.05) is 46.0 Å². The van der Waals surface area contributed by atoms with Crippen LogP contribution in [-0.4, -0.2) is 56.2 Å². The lowest BCUT2D eigenvalue weighted by atomic mass is 10.3. The number of aryl methyl sites for hydroxylation is 1. The van der Waals surface area contributed by atoms with Gasteiger partial charge in [0.05, 0.1) is 19.8 Å². The van der Waals surface area contributed by atoms with Gasteiger partial charge in [0.2, 0.25) is 5.95 Å². The van der Waals surface area contributed by atoms with Crippen molar-refractivity contribution in [3.63, 3.8) is 0 Å². The minimum absolute atomic E-state index is 0.249. The van der Waals surface area contributed by atoms with E-state index in [1.807, 2.05) is 12.4 Å². The zero-order valence-corrected chi connectivity index (χ0v) is 12.8. The fraction of sp³-hybridized carbons (Fsp3) is 0.786. The molecule has 6 nitrogen and oxygen atoms in total. The fourth-order valence-electron chi connectivity index (χ4n) is 1.87. The molecule has 6 heteroatoms. The molecule has 0 radical (unpaired) electrons. The summed E-state index contributed by atoms with van der Waals surface area (Å²) < 4.78 is 17.6. The van der Waals surface area contributed by atoms with Crippen LogP contribution in [0.3, 0.4) is 0 Å². The van der Waals surface area contributed by atoms with Gasteiger partial charge in [-0.25, -0.2) is 4.98 Å². The Morgan fingerprint density at radius 1 is 1.20 bits per heavy atom. The smallest absolute Gasteiger partial charge is 0.203 e. The van der Waals surface area contributed by atoms with Crippen LogP contribution in [-0.2, 0) is 20.8 Å². The minimum atomic E-state index is 0.249. The molecule has 0 saturated heterocycles. The molecule has 0 aliphatic rings. The van der Waals surface area contributed by atoms with E-state index in [-0.39, 0.29) is 6.04 Å². The van der Waals surface area contributed by atoms with Crippen LogP contribution in [0.1, 0.15) is 19.8 Å². The number of hydrogen-bond acceptors (Lipinski definition) is 5. The van der Waals surface area contributed by atoms with E-state index in [1.165, 1.54) is 0 Å². The summed E-state index contributed by atoms with van der Waals surface area (Å²) in [5, 5.41) is 3.34. The van der Waals surface area contributed by atoms with E-state index in [2.05, 4.69) is 21.8 Å². The van der Waals surface area contributed by atoms with Gasteiger partial charge in [-0.2, -0.15) is 0 Å². The Labute approximate surface area is 121 Å². The second-order valence-corrected chi connectivity index (χ2v) is 4.76. The molecule has 0 aliphatic heterocycles. The van der Waals surface area contributed by atoms with Crippen molar-refractivity contribution in [1.82, 2.24) is 9.55 Å². The number of ether oxygens (including phenoxy) is 3. The Balaban J connectivity index is 2.19. The van der Waals surface area contributed by atoms with Gasteiger partial charge < -0.3 is 24.1 Å². The first-order valence-corrected chi connectivity index (χ1v) is 7.11. The van der Waals surface area contributed by atoms with Crippen LogP contribution in [0, 0.1) is 0 Å². The Morgan fingerprint density at radius 3 is 2.80 bits per heavy atom. The molecule has 0 saturated carbocycles. The van der Waals surface area contributed by atoms with Crippen molar-refractivity contribution in [2.24, 2.45) is 0 Å². The number of methoxy groups -OCH3 is 2. The molecule has 1 unspecified atom stereocenters. The van der Waals surface area contributed by atoms with Gasteiger partial charge >= 0.3 is 0 Å². The van der Waals surface area contributed by atoms with Crippen LogP contribution in [0.5, 0.6) is 0 Å². The lowest BCUT2D eigenvalue weighted by Crippen LogP contribution is -2.23. The standard InChI is InChI=1S/C14H27N3O3/c1-13(12-19-3)16-14-15-6-8-17(14)7-4-5-9-20-11-10-18-2/h6,8,13H,4-5,7,9-12H2,1-3H3,(H,15,16). The van der Waals surface area contributed by atoms with Crippen LogP contribution in [0.4, 0.5) is 5.95 Å². The number of unbranched alkanes of at least 4 members (excludes halogenated alkanes) is 1. The summed E-state index contributed by atoms with van der Waals surface area (Å²) in [6.45, 7) is 5.79. The van der Waals surface area contributed by atoms with E-state index >= 15 is 0 Å². The Kier molecular flexibility index (Phi) is 9.02. The van der Waals surface area contributed by atoms with Crippen LogP contribution >= 0.6 is 0 Å². The molecule has 1 atom stereocenters. The fourth-order valence-corrected chi connectivity index (χ4v) is 1.87. The number of hydrogen-bond donors (Lipinski definition) is 1. The zero-order valence-electron chi connectivity index (χ0n) is 12.8. The summed E-state index contributed by atoms with van der Waals surface area (Å²) in [4.78, 5) is 4.33. The highest BCUT2D eigenvalue weighted by Crippen LogP contribution is 2.08. The van der Waals surface area contributed by atoms with Gasteiger partial charge in [0.15, 0.2) is 0 Å². The Morgan fingerprint density at radius 2 is 2.05 bits per heavy atom. The van der Waals surface area contributed by atoms with Crippen LogP contribution < -0.4 is 5.32 Å². The van der Waals surface area contributed by atoms with E-state index in [0.717, 1.165) is 31.9 Å². The molecule has 20 heavy (non-hydrogen) atoms. The van der Waals surface area contributed by atoms with Gasteiger partial charge in [-0.3, -0.25) is 0 Å². The van der Waals surface area contributed by atoms with Crippen LogP contribution in [0.2, 0.25) is 0 Å². The predicted octanol–water partition coefficient (Wildman–Crippen LogP) is 1.77. The number of aromatic nitrogens is 2. The first kappa shape index (κ1) is 16.9. The third kappa shape index (κ3) is 6.88. The first-order valence-electron chi connectivity index (χ1n) is 7.11. The monoisotopic (exact) mass is 285 g/mol. The topological polar surface area (TPSA) is 57.5 Å². The molecule has 1 heterocycles. The van der Waals surface area contributed by atoms with Crippen LogP contribution in [0.25, 0.3) is 0 Å². The third-order valence-corrected chi connectivity index (χ3v) is 2.88. The molecule has 1 aromatic rings. The van der Waals surface area contributed by atoms with Gasteiger partial charge in [0, 0.05) is 45.8 Å². The maximum Gasteiger partial charge on any atom is 0.203 e.